The number of amides is 2. The summed E-state index contributed by atoms with van der Waals surface area (Å²) < 4.78 is 19.2. The van der Waals surface area contributed by atoms with E-state index in [1.165, 1.54) is 11.0 Å². The smallest absolute Gasteiger partial charge is 0.242 e. The summed E-state index contributed by atoms with van der Waals surface area (Å²) in [6.07, 6.45) is 0. The minimum Gasteiger partial charge on any atom is -0.360 e. The lowest BCUT2D eigenvalue weighted by Crippen LogP contribution is -2.50. The first-order chi connectivity index (χ1) is 24.7. The van der Waals surface area contributed by atoms with Gasteiger partial charge in [0.2, 0.25) is 11.8 Å². The van der Waals surface area contributed by atoms with E-state index >= 15 is 0 Å². The molecular weight excluding hydrogens is 883 g/mol. The van der Waals surface area contributed by atoms with Crippen LogP contribution in [0.1, 0.15) is 22.9 Å². The van der Waals surface area contributed by atoms with Gasteiger partial charge in [-0.1, -0.05) is 87.8 Å². The summed E-state index contributed by atoms with van der Waals surface area (Å²) >= 11 is 9.04. The summed E-state index contributed by atoms with van der Waals surface area (Å²) in [5.74, 6) is 0.272. The zero-order chi connectivity index (χ0) is 37.6. The van der Waals surface area contributed by atoms with E-state index in [1.807, 2.05) is 70.5 Å². The third-order valence-corrected chi connectivity index (χ3v) is 9.16. The van der Waals surface area contributed by atoms with Gasteiger partial charge in [0.15, 0.2) is 11.4 Å². The molecule has 0 aliphatic carbocycles. The van der Waals surface area contributed by atoms with Crippen molar-refractivity contribution >= 4 is 95.7 Å². The van der Waals surface area contributed by atoms with E-state index in [0.29, 0.717) is 44.1 Å². The number of anilines is 1. The third kappa shape index (κ3) is 13.8. The molecule has 49 heavy (non-hydrogen) atoms. The first-order valence-corrected chi connectivity index (χ1v) is 17.5. The van der Waals surface area contributed by atoms with Gasteiger partial charge in [-0.15, -0.1) is 12.4 Å². The predicted molar refractivity (Wildman–Crippen MR) is 218 cm³/mol. The van der Waals surface area contributed by atoms with Crippen LogP contribution in [-0.4, -0.2) is 60.9 Å². The zero-order valence-corrected chi connectivity index (χ0v) is 33.1. The van der Waals surface area contributed by atoms with Crippen molar-refractivity contribution in [2.24, 2.45) is 0 Å². The molecule has 8 nitrogen and oxygen atoms in total. The predicted octanol–water partition coefficient (Wildman–Crippen LogP) is 9.38. The van der Waals surface area contributed by atoms with Gasteiger partial charge < -0.3 is 20.0 Å². The number of halogens is 4. The molecule has 0 aromatic heterocycles. The van der Waals surface area contributed by atoms with E-state index in [1.54, 1.807) is 24.3 Å². The molecule has 2 heterocycles. The van der Waals surface area contributed by atoms with E-state index in [-0.39, 0.29) is 24.2 Å². The number of carbonyl (C=O) groups is 2. The highest BCUT2D eigenvalue weighted by molar-refractivity contribution is 14.1. The van der Waals surface area contributed by atoms with E-state index in [0.717, 1.165) is 45.4 Å². The summed E-state index contributed by atoms with van der Waals surface area (Å²) in [6, 6.07) is 31.0. The van der Waals surface area contributed by atoms with Gasteiger partial charge in [0.05, 0.1) is 26.2 Å². The molecular formula is C37H40Br2ClIN6O2. The molecule has 0 radical (unpaired) electrons. The number of nitrogens with zero attached hydrogens (tertiary/aromatic N) is 5. The zero-order valence-electron chi connectivity index (χ0n) is 30.0. The Bertz CT molecular complexity index is 1710. The van der Waals surface area contributed by atoms with Crippen molar-refractivity contribution in [1.82, 2.24) is 15.1 Å². The van der Waals surface area contributed by atoms with Gasteiger partial charge in [-0.2, -0.15) is 0 Å². The number of piperazine rings is 2. The number of benzene rings is 4. The maximum atomic E-state index is 12.4. The fourth-order valence-corrected chi connectivity index (χ4v) is 5.67. The van der Waals surface area contributed by atoms with Gasteiger partial charge in [0.25, 0.3) is 0 Å². The highest BCUT2D eigenvalue weighted by Gasteiger charge is 2.24. The Morgan fingerprint density at radius 1 is 0.755 bits per heavy atom. The largest absolute Gasteiger partial charge is 0.360 e. The monoisotopic (exact) mass is 923 g/mol. The number of hydrogen-bond acceptors (Lipinski definition) is 4. The second-order valence-corrected chi connectivity index (χ2v) is 13.8. The van der Waals surface area contributed by atoms with Crippen LogP contribution in [0.25, 0.3) is 9.69 Å². The van der Waals surface area contributed by atoms with Crippen molar-refractivity contribution in [1.29, 1.82) is 0 Å². The molecule has 0 spiro atoms. The lowest BCUT2D eigenvalue weighted by atomic mass is 10.1. The minimum atomic E-state index is 0. The van der Waals surface area contributed by atoms with Crippen molar-refractivity contribution in [2.75, 3.05) is 44.2 Å². The van der Waals surface area contributed by atoms with Crippen LogP contribution in [0.15, 0.2) is 106 Å². The SMILES string of the molecule is Brc1ccc(I)cc1.Cl.[2H]C.[2H][2H].[C-]#[N+]c1ccc(CN2CCN(c3ccc(Br)cc3)CC2=O)cc1.[C-]#[N+]c1ccc(CN2CCNCC2=O)cc1. The molecule has 2 aliphatic rings. The Morgan fingerprint density at radius 2 is 1.22 bits per heavy atom. The van der Waals surface area contributed by atoms with Gasteiger partial charge in [0.1, 0.15) is 0 Å². The quantitative estimate of drug-likeness (QED) is 0.160. The highest BCUT2D eigenvalue weighted by atomic mass is 127. The van der Waals surface area contributed by atoms with Gasteiger partial charge in [-0.05, 0) is 82.2 Å². The first-order valence-electron chi connectivity index (χ1n) is 16.8. The van der Waals surface area contributed by atoms with Crippen LogP contribution >= 0.6 is 66.9 Å². The Balaban J connectivity index is 0.000000405. The molecule has 12 heteroatoms. The molecule has 4 aromatic rings. The number of carbonyl (C=O) groups excluding carboxylic acids is 2. The molecule has 4 aromatic carbocycles. The standard InChI is InChI=1S/C18H16BrN3O.C12H13N3O.C6H4BrI.CH4.ClH.H2/c1-20-16-6-2-14(3-7-16)12-22-11-10-21(13-18(22)23)17-8-4-15(19)5-9-17;1-13-11-4-2-10(3-5-11)9-15-7-6-14-8-12(15)16;7-5-1-3-6(8)4-2-5;;;/h2-9H,10-13H2;2-5,14H,6-9H2;1-4H;1H4;2*1H/i;;;1D;;1+1D. The van der Waals surface area contributed by atoms with E-state index < -0.39 is 0 Å². The van der Waals surface area contributed by atoms with Crippen LogP contribution in [0, 0.1) is 16.7 Å². The van der Waals surface area contributed by atoms with Crippen LogP contribution in [0.2, 0.25) is 0 Å². The maximum absolute atomic E-state index is 12.4. The van der Waals surface area contributed by atoms with E-state index in [9.17, 15) is 9.59 Å². The second kappa shape index (κ2) is 21.6. The summed E-state index contributed by atoms with van der Waals surface area (Å²) in [5.41, 5.74) is 4.46. The molecule has 258 valence electrons. The van der Waals surface area contributed by atoms with Crippen molar-refractivity contribution < 1.29 is 13.9 Å². The summed E-state index contributed by atoms with van der Waals surface area (Å²) in [6.45, 7) is 19.0. The molecule has 6 rings (SSSR count). The average Bonchev–Trinajstić information content (AvgIpc) is 3.17. The molecule has 0 atom stereocenters. The molecule has 2 fully saturated rings. The summed E-state index contributed by atoms with van der Waals surface area (Å²) in [5, 5.41) is 3.04. The normalized spacial score (nSPS) is 13.9. The Kier molecular flexibility index (Phi) is 16.9. The van der Waals surface area contributed by atoms with Gasteiger partial charge in [-0.3, -0.25) is 9.59 Å². The second-order valence-electron chi connectivity index (χ2n) is 10.7. The number of rotatable bonds is 5. The number of hydrogen-bond donors (Lipinski definition) is 1. The van der Waals surface area contributed by atoms with E-state index in [4.69, 9.17) is 17.5 Å². The molecule has 2 amide bonds. The topological polar surface area (TPSA) is 64.6 Å². The fraction of sp³-hybridized carbons (Fsp3) is 0.243. The Hall–Kier alpha value is -3.46. The molecule has 2 aliphatic heterocycles. The van der Waals surface area contributed by atoms with Crippen molar-refractivity contribution in [2.45, 2.75) is 20.5 Å². The molecule has 0 bridgehead atoms. The molecule has 2 saturated heterocycles. The summed E-state index contributed by atoms with van der Waals surface area (Å²) in [7, 11) is 1.25. The first kappa shape index (κ1) is 38.3. The maximum Gasteiger partial charge on any atom is 0.242 e. The number of nitrogens with one attached hydrogen (secondary N) is 1. The average molecular weight is 926 g/mol. The molecule has 1 N–H and O–H groups in total. The van der Waals surface area contributed by atoms with Crippen LogP contribution < -0.4 is 10.2 Å². The Labute approximate surface area is 330 Å². The highest BCUT2D eigenvalue weighted by Crippen LogP contribution is 2.21. The van der Waals surface area contributed by atoms with Crippen LogP contribution in [-0.2, 0) is 22.7 Å². The van der Waals surface area contributed by atoms with Gasteiger partial charge in [0, 0.05) is 61.8 Å². The Morgan fingerprint density at radius 3 is 1.65 bits per heavy atom. The van der Waals surface area contributed by atoms with Gasteiger partial charge >= 0.3 is 0 Å². The summed E-state index contributed by atoms with van der Waals surface area (Å²) in [4.78, 5) is 36.5. The molecule has 0 saturated carbocycles. The minimum absolute atomic E-state index is 0. The van der Waals surface area contributed by atoms with Gasteiger partial charge in [-0.25, -0.2) is 9.69 Å². The van der Waals surface area contributed by atoms with Crippen molar-refractivity contribution in [3.8, 4) is 0 Å². The van der Waals surface area contributed by atoms with E-state index in [2.05, 4.69) is 86.5 Å². The third-order valence-electron chi connectivity index (χ3n) is 7.38. The van der Waals surface area contributed by atoms with Crippen molar-refractivity contribution in [3.63, 3.8) is 0 Å². The lowest BCUT2D eigenvalue weighted by molar-refractivity contribution is -0.132. The fourth-order valence-electron chi connectivity index (χ4n) is 4.78. The lowest BCUT2D eigenvalue weighted by Gasteiger charge is -2.35. The van der Waals surface area contributed by atoms with Crippen LogP contribution in [0.3, 0.4) is 0 Å². The van der Waals surface area contributed by atoms with Crippen LogP contribution in [0.5, 0.6) is 0 Å². The van der Waals surface area contributed by atoms with Crippen LogP contribution in [0.4, 0.5) is 17.1 Å². The molecule has 0 unspecified atom stereocenters. The van der Waals surface area contributed by atoms with Crippen molar-refractivity contribution in [3.05, 3.63) is 144 Å².